The minimum atomic E-state index is 0.0980. The Kier molecular flexibility index (Phi) is 7.23. The van der Waals surface area contributed by atoms with Gasteiger partial charge in [-0.15, -0.1) is 0 Å². The third-order valence-electron chi connectivity index (χ3n) is 4.27. The van der Waals surface area contributed by atoms with Crippen molar-refractivity contribution < 1.29 is 4.79 Å². The van der Waals surface area contributed by atoms with Crippen LogP contribution in [0.3, 0.4) is 0 Å². The average Bonchev–Trinajstić information content (AvgIpc) is 2.54. The van der Waals surface area contributed by atoms with Crippen molar-refractivity contribution in [2.24, 2.45) is 0 Å². The lowest BCUT2D eigenvalue weighted by Crippen LogP contribution is -2.30. The van der Waals surface area contributed by atoms with Crippen molar-refractivity contribution in [1.29, 1.82) is 0 Å². The van der Waals surface area contributed by atoms with E-state index in [4.69, 9.17) is 5.73 Å². The molecule has 122 valence electrons. The molecule has 1 heterocycles. The molecule has 1 aromatic carbocycles. The van der Waals surface area contributed by atoms with Crippen molar-refractivity contribution in [2.75, 3.05) is 31.9 Å². The molecule has 1 aliphatic rings. The van der Waals surface area contributed by atoms with E-state index in [9.17, 15) is 4.79 Å². The first kappa shape index (κ1) is 16.8. The first-order valence-corrected chi connectivity index (χ1v) is 8.57. The van der Waals surface area contributed by atoms with E-state index in [1.807, 2.05) is 24.3 Å². The first-order chi connectivity index (χ1) is 10.7. The Bertz CT molecular complexity index is 438. The molecule has 0 aromatic heterocycles. The number of unbranched alkanes of at least 4 members (excludes halogenated alkanes) is 2. The van der Waals surface area contributed by atoms with Crippen molar-refractivity contribution in [1.82, 2.24) is 10.2 Å². The number of hydrogen-bond acceptors (Lipinski definition) is 3. The normalized spacial score (nSPS) is 15.6. The summed E-state index contributed by atoms with van der Waals surface area (Å²) < 4.78 is 0. The number of carbonyl (C=O) groups excluding carboxylic acids is 1. The van der Waals surface area contributed by atoms with Crippen LogP contribution in [-0.2, 0) is 11.2 Å². The molecule has 1 saturated heterocycles. The fourth-order valence-electron chi connectivity index (χ4n) is 2.93. The highest BCUT2D eigenvalue weighted by molar-refractivity contribution is 5.78. The number of likely N-dealkylation sites (tertiary alicyclic amines) is 1. The maximum Gasteiger partial charge on any atom is 0.224 e. The second-order valence-electron chi connectivity index (χ2n) is 6.23. The molecule has 2 rings (SSSR count). The summed E-state index contributed by atoms with van der Waals surface area (Å²) in [7, 11) is 0. The molecule has 22 heavy (non-hydrogen) atoms. The van der Waals surface area contributed by atoms with Crippen molar-refractivity contribution in [3.63, 3.8) is 0 Å². The van der Waals surface area contributed by atoms with Gasteiger partial charge in [-0.1, -0.05) is 25.0 Å². The van der Waals surface area contributed by atoms with Crippen LogP contribution in [0.4, 0.5) is 5.69 Å². The Morgan fingerprint density at radius 3 is 2.50 bits per heavy atom. The van der Waals surface area contributed by atoms with Gasteiger partial charge in [0.15, 0.2) is 0 Å². The van der Waals surface area contributed by atoms with Crippen LogP contribution in [0.2, 0.25) is 0 Å². The maximum absolute atomic E-state index is 11.8. The van der Waals surface area contributed by atoms with Crippen LogP contribution in [0.15, 0.2) is 24.3 Å². The predicted molar refractivity (Wildman–Crippen MR) is 91.7 cm³/mol. The fourth-order valence-corrected chi connectivity index (χ4v) is 2.93. The molecule has 0 saturated carbocycles. The van der Waals surface area contributed by atoms with Gasteiger partial charge in [0, 0.05) is 12.2 Å². The molecule has 4 nitrogen and oxygen atoms in total. The molecular weight excluding hydrogens is 274 g/mol. The summed E-state index contributed by atoms with van der Waals surface area (Å²) >= 11 is 0. The molecule has 0 radical (unpaired) electrons. The van der Waals surface area contributed by atoms with E-state index in [-0.39, 0.29) is 5.91 Å². The molecule has 0 atom stereocenters. The zero-order valence-corrected chi connectivity index (χ0v) is 13.5. The largest absolute Gasteiger partial charge is 0.399 e. The summed E-state index contributed by atoms with van der Waals surface area (Å²) in [5, 5.41) is 3.00. The van der Waals surface area contributed by atoms with Gasteiger partial charge in [-0.25, -0.2) is 0 Å². The van der Waals surface area contributed by atoms with Crippen molar-refractivity contribution in [2.45, 2.75) is 44.9 Å². The van der Waals surface area contributed by atoms with Crippen LogP contribution in [0.25, 0.3) is 0 Å². The molecule has 1 fully saturated rings. The second-order valence-corrected chi connectivity index (χ2v) is 6.23. The maximum atomic E-state index is 11.8. The Balaban J connectivity index is 1.49. The second kappa shape index (κ2) is 9.46. The number of carbonyl (C=O) groups is 1. The van der Waals surface area contributed by atoms with Gasteiger partial charge in [0.25, 0.3) is 0 Å². The van der Waals surface area contributed by atoms with Crippen molar-refractivity contribution >= 4 is 11.6 Å². The minimum absolute atomic E-state index is 0.0980. The van der Waals surface area contributed by atoms with E-state index in [1.54, 1.807) is 0 Å². The number of amides is 1. The molecule has 1 aliphatic heterocycles. The SMILES string of the molecule is Nc1ccc(CC(=O)NCCCCCN2CCCCC2)cc1. The Morgan fingerprint density at radius 1 is 1.05 bits per heavy atom. The van der Waals surface area contributed by atoms with Gasteiger partial charge in [-0.2, -0.15) is 0 Å². The number of hydrogen-bond donors (Lipinski definition) is 2. The number of nitrogens with two attached hydrogens (primary N) is 1. The molecule has 3 N–H and O–H groups in total. The van der Waals surface area contributed by atoms with E-state index in [0.717, 1.165) is 24.2 Å². The highest BCUT2D eigenvalue weighted by Crippen LogP contribution is 2.10. The lowest BCUT2D eigenvalue weighted by atomic mass is 10.1. The van der Waals surface area contributed by atoms with Gasteiger partial charge in [-0.05, 0) is 63.0 Å². The lowest BCUT2D eigenvalue weighted by Gasteiger charge is -2.26. The van der Waals surface area contributed by atoms with Crippen LogP contribution < -0.4 is 11.1 Å². The van der Waals surface area contributed by atoms with Crippen molar-refractivity contribution in [3.05, 3.63) is 29.8 Å². The van der Waals surface area contributed by atoms with E-state index >= 15 is 0 Å². The van der Waals surface area contributed by atoms with E-state index in [0.29, 0.717) is 6.42 Å². The number of piperidine rings is 1. The third kappa shape index (κ3) is 6.48. The fraction of sp³-hybridized carbons (Fsp3) is 0.611. The molecule has 0 aliphatic carbocycles. The van der Waals surface area contributed by atoms with Crippen LogP contribution in [-0.4, -0.2) is 37.0 Å². The Hall–Kier alpha value is -1.55. The molecule has 0 unspecified atom stereocenters. The molecule has 4 heteroatoms. The lowest BCUT2D eigenvalue weighted by molar-refractivity contribution is -0.120. The van der Waals surface area contributed by atoms with Crippen LogP contribution >= 0.6 is 0 Å². The minimum Gasteiger partial charge on any atom is -0.399 e. The first-order valence-electron chi connectivity index (χ1n) is 8.57. The molecule has 1 aromatic rings. The van der Waals surface area contributed by atoms with Crippen LogP contribution in [0.1, 0.15) is 44.1 Å². The number of nitrogens with zero attached hydrogens (tertiary/aromatic N) is 1. The van der Waals surface area contributed by atoms with Crippen LogP contribution in [0, 0.1) is 0 Å². The monoisotopic (exact) mass is 303 g/mol. The van der Waals surface area contributed by atoms with Gasteiger partial charge < -0.3 is 16.0 Å². The zero-order valence-electron chi connectivity index (χ0n) is 13.5. The van der Waals surface area contributed by atoms with Gasteiger partial charge in [0.05, 0.1) is 6.42 Å². The predicted octanol–water partition coefficient (Wildman–Crippen LogP) is 2.58. The van der Waals surface area contributed by atoms with E-state index in [2.05, 4.69) is 10.2 Å². The summed E-state index contributed by atoms with van der Waals surface area (Å²) in [5.74, 6) is 0.0980. The highest BCUT2D eigenvalue weighted by Gasteiger charge is 2.08. The summed E-state index contributed by atoms with van der Waals surface area (Å²) in [6, 6.07) is 7.49. The van der Waals surface area contributed by atoms with E-state index < -0.39 is 0 Å². The number of nitrogen functional groups attached to an aromatic ring is 1. The number of nitrogens with one attached hydrogen (secondary N) is 1. The summed E-state index contributed by atoms with van der Waals surface area (Å²) in [6.45, 7) is 4.56. The molecule has 0 bridgehead atoms. The molecule has 0 spiro atoms. The number of rotatable bonds is 8. The smallest absolute Gasteiger partial charge is 0.224 e. The average molecular weight is 303 g/mol. The summed E-state index contributed by atoms with van der Waals surface area (Å²) in [5.41, 5.74) is 7.38. The number of anilines is 1. The van der Waals surface area contributed by atoms with E-state index in [1.165, 1.54) is 51.7 Å². The highest BCUT2D eigenvalue weighted by atomic mass is 16.1. The standard InChI is InChI=1S/C18H29N3O/c19-17-9-7-16(8-10-17)15-18(22)20-11-3-1-4-12-21-13-5-2-6-14-21/h7-10H,1-6,11-15,19H2,(H,20,22). The van der Waals surface area contributed by atoms with Crippen LogP contribution in [0.5, 0.6) is 0 Å². The van der Waals surface area contributed by atoms with Gasteiger partial charge >= 0.3 is 0 Å². The summed E-state index contributed by atoms with van der Waals surface area (Å²) in [6.07, 6.45) is 8.07. The third-order valence-corrected chi connectivity index (χ3v) is 4.27. The topological polar surface area (TPSA) is 58.4 Å². The molecule has 1 amide bonds. The Labute approximate surface area is 134 Å². The van der Waals surface area contributed by atoms with Gasteiger partial charge in [0.2, 0.25) is 5.91 Å². The van der Waals surface area contributed by atoms with Crippen molar-refractivity contribution in [3.8, 4) is 0 Å². The summed E-state index contributed by atoms with van der Waals surface area (Å²) in [4.78, 5) is 14.4. The van der Waals surface area contributed by atoms with Gasteiger partial charge in [0.1, 0.15) is 0 Å². The van der Waals surface area contributed by atoms with Gasteiger partial charge in [-0.3, -0.25) is 4.79 Å². The quantitative estimate of drug-likeness (QED) is 0.573. The zero-order chi connectivity index (χ0) is 15.6. The Morgan fingerprint density at radius 2 is 1.77 bits per heavy atom. The number of benzene rings is 1. The molecular formula is C18H29N3O.